The van der Waals surface area contributed by atoms with Crippen LogP contribution in [0, 0.1) is 11.6 Å². The van der Waals surface area contributed by atoms with Crippen molar-refractivity contribution in [2.75, 3.05) is 5.73 Å². The number of alkyl halides is 3. The second-order valence-corrected chi connectivity index (χ2v) is 6.90. The van der Waals surface area contributed by atoms with Gasteiger partial charge in [-0.25, -0.2) is 13.8 Å². The van der Waals surface area contributed by atoms with Crippen LogP contribution in [0.15, 0.2) is 72.8 Å². The zero-order valence-electron chi connectivity index (χ0n) is 16.0. The largest absolute Gasteiger partial charge is 0.419 e. The zero-order valence-corrected chi connectivity index (χ0v) is 16.0. The number of hydrogen-bond donors (Lipinski definition) is 1. The molecule has 1 heterocycles. The van der Waals surface area contributed by atoms with E-state index < -0.39 is 23.4 Å². The van der Waals surface area contributed by atoms with E-state index >= 15 is 0 Å². The van der Waals surface area contributed by atoms with Crippen LogP contribution in [-0.2, 0) is 12.6 Å². The molecule has 0 saturated carbocycles. The monoisotopic (exact) mass is 429 g/mol. The van der Waals surface area contributed by atoms with Crippen molar-refractivity contribution in [2.24, 2.45) is 0 Å². The Bertz CT molecular complexity index is 1230. The Morgan fingerprint density at radius 2 is 1.58 bits per heavy atom. The standard InChI is InChI=1S/C23H16F5N3/c24-16-9-5-10-17(13-16)31-19(21(30-22(31)29)14-6-2-1-3-7-14)12-15-8-4-11-18(20(15)25)23(26,27)28/h1-11,13H,12H2,(H2,29,30). The molecule has 0 atom stereocenters. The highest BCUT2D eigenvalue weighted by atomic mass is 19.4. The zero-order chi connectivity index (χ0) is 22.2. The summed E-state index contributed by atoms with van der Waals surface area (Å²) in [7, 11) is 0. The van der Waals surface area contributed by atoms with Gasteiger partial charge < -0.3 is 5.73 Å². The third kappa shape index (κ3) is 4.01. The van der Waals surface area contributed by atoms with Gasteiger partial charge in [-0.1, -0.05) is 48.5 Å². The first kappa shape index (κ1) is 20.6. The number of nitrogen functional groups attached to an aromatic ring is 1. The Morgan fingerprint density at radius 1 is 0.871 bits per heavy atom. The van der Waals surface area contributed by atoms with Crippen LogP contribution in [0.1, 0.15) is 16.8 Å². The molecule has 4 aromatic rings. The van der Waals surface area contributed by atoms with Crippen LogP contribution in [0.25, 0.3) is 16.9 Å². The number of nitrogens with zero attached hydrogens (tertiary/aromatic N) is 2. The number of imidazole rings is 1. The number of rotatable bonds is 4. The van der Waals surface area contributed by atoms with Crippen molar-refractivity contribution in [2.45, 2.75) is 12.6 Å². The molecule has 1 aromatic heterocycles. The minimum absolute atomic E-state index is 0.00633. The average Bonchev–Trinajstić information content (AvgIpc) is 3.05. The summed E-state index contributed by atoms with van der Waals surface area (Å²) < 4.78 is 69.6. The van der Waals surface area contributed by atoms with E-state index in [4.69, 9.17) is 5.73 Å². The maximum absolute atomic E-state index is 14.8. The molecule has 8 heteroatoms. The molecule has 0 fully saturated rings. The Hall–Kier alpha value is -3.68. The first-order chi connectivity index (χ1) is 14.8. The van der Waals surface area contributed by atoms with Gasteiger partial charge in [0, 0.05) is 12.0 Å². The van der Waals surface area contributed by atoms with Gasteiger partial charge in [0.2, 0.25) is 5.95 Å². The van der Waals surface area contributed by atoms with Gasteiger partial charge in [0.25, 0.3) is 0 Å². The fourth-order valence-electron chi connectivity index (χ4n) is 3.48. The fourth-order valence-corrected chi connectivity index (χ4v) is 3.48. The van der Waals surface area contributed by atoms with Crippen molar-refractivity contribution < 1.29 is 22.0 Å². The summed E-state index contributed by atoms with van der Waals surface area (Å²) in [5, 5.41) is 0. The Labute approximate surface area is 174 Å². The van der Waals surface area contributed by atoms with Crippen LogP contribution in [0.5, 0.6) is 0 Å². The number of nitrogens with two attached hydrogens (primary N) is 1. The lowest BCUT2D eigenvalue weighted by atomic mass is 10.0. The highest BCUT2D eigenvalue weighted by Crippen LogP contribution is 2.35. The molecule has 0 saturated heterocycles. The summed E-state index contributed by atoms with van der Waals surface area (Å²) in [6.07, 6.45) is -5.06. The van der Waals surface area contributed by atoms with Crippen LogP contribution in [-0.4, -0.2) is 9.55 Å². The highest BCUT2D eigenvalue weighted by Gasteiger charge is 2.35. The topological polar surface area (TPSA) is 43.8 Å². The van der Waals surface area contributed by atoms with Crippen LogP contribution in [0.4, 0.5) is 27.9 Å². The van der Waals surface area contributed by atoms with E-state index in [1.165, 1.54) is 28.8 Å². The van der Waals surface area contributed by atoms with E-state index in [0.29, 0.717) is 28.7 Å². The second kappa shape index (κ2) is 7.86. The van der Waals surface area contributed by atoms with Gasteiger partial charge in [-0.15, -0.1) is 0 Å². The van der Waals surface area contributed by atoms with Crippen molar-refractivity contribution in [3.8, 4) is 16.9 Å². The molecule has 0 aliphatic rings. The number of benzene rings is 3. The van der Waals surface area contributed by atoms with Gasteiger partial charge in [-0.3, -0.25) is 4.57 Å². The molecule has 2 N–H and O–H groups in total. The van der Waals surface area contributed by atoms with Crippen molar-refractivity contribution in [3.63, 3.8) is 0 Å². The maximum atomic E-state index is 14.8. The third-order valence-corrected chi connectivity index (χ3v) is 4.85. The van der Waals surface area contributed by atoms with Crippen molar-refractivity contribution in [1.29, 1.82) is 0 Å². The lowest BCUT2D eigenvalue weighted by Crippen LogP contribution is -2.11. The molecule has 158 valence electrons. The third-order valence-electron chi connectivity index (χ3n) is 4.85. The quantitative estimate of drug-likeness (QED) is 0.404. The average molecular weight is 429 g/mol. The molecule has 0 radical (unpaired) electrons. The summed E-state index contributed by atoms with van der Waals surface area (Å²) >= 11 is 0. The van der Waals surface area contributed by atoms with E-state index in [1.54, 1.807) is 36.4 Å². The van der Waals surface area contributed by atoms with Crippen LogP contribution < -0.4 is 5.73 Å². The van der Waals surface area contributed by atoms with E-state index in [2.05, 4.69) is 4.98 Å². The summed E-state index contributed by atoms with van der Waals surface area (Å²) in [6.45, 7) is 0. The van der Waals surface area contributed by atoms with Crippen molar-refractivity contribution >= 4 is 5.95 Å². The summed E-state index contributed by atoms with van der Waals surface area (Å²) in [4.78, 5) is 4.36. The molecular formula is C23H16F5N3. The molecule has 0 bridgehead atoms. The van der Waals surface area contributed by atoms with Crippen LogP contribution in [0.2, 0.25) is 0 Å². The fraction of sp³-hybridized carbons (Fsp3) is 0.0870. The Morgan fingerprint density at radius 3 is 2.26 bits per heavy atom. The molecule has 0 amide bonds. The van der Waals surface area contributed by atoms with Gasteiger partial charge in [0.15, 0.2) is 0 Å². The maximum Gasteiger partial charge on any atom is 0.419 e. The molecule has 0 aliphatic heterocycles. The van der Waals surface area contributed by atoms with E-state index in [-0.39, 0.29) is 17.9 Å². The molecule has 3 aromatic carbocycles. The smallest absolute Gasteiger partial charge is 0.369 e. The lowest BCUT2D eigenvalue weighted by molar-refractivity contribution is -0.140. The van der Waals surface area contributed by atoms with E-state index in [9.17, 15) is 22.0 Å². The molecule has 0 spiro atoms. The van der Waals surface area contributed by atoms with Gasteiger partial charge >= 0.3 is 6.18 Å². The number of halogens is 5. The normalized spacial score (nSPS) is 11.6. The molecule has 0 aliphatic carbocycles. The minimum atomic E-state index is -4.83. The van der Waals surface area contributed by atoms with Gasteiger partial charge in [-0.2, -0.15) is 13.2 Å². The molecular weight excluding hydrogens is 413 g/mol. The van der Waals surface area contributed by atoms with Gasteiger partial charge in [0.1, 0.15) is 11.6 Å². The SMILES string of the molecule is Nc1nc(-c2ccccc2)c(Cc2cccc(C(F)(F)F)c2F)n1-c1cccc(F)c1. The van der Waals surface area contributed by atoms with Crippen molar-refractivity contribution in [1.82, 2.24) is 9.55 Å². The first-order valence-electron chi connectivity index (χ1n) is 9.28. The molecule has 0 unspecified atom stereocenters. The van der Waals surface area contributed by atoms with E-state index in [0.717, 1.165) is 6.07 Å². The number of anilines is 1. The lowest BCUT2D eigenvalue weighted by Gasteiger charge is -2.14. The van der Waals surface area contributed by atoms with Crippen LogP contribution >= 0.6 is 0 Å². The first-order valence-corrected chi connectivity index (χ1v) is 9.28. The molecule has 3 nitrogen and oxygen atoms in total. The predicted octanol–water partition coefficient (Wildman–Crippen LogP) is 6.01. The summed E-state index contributed by atoms with van der Waals surface area (Å²) in [5.74, 6) is -1.88. The molecule has 31 heavy (non-hydrogen) atoms. The van der Waals surface area contributed by atoms with E-state index in [1.807, 2.05) is 0 Å². The summed E-state index contributed by atoms with van der Waals surface area (Å²) in [6, 6.07) is 17.5. The minimum Gasteiger partial charge on any atom is -0.369 e. The second-order valence-electron chi connectivity index (χ2n) is 6.90. The summed E-state index contributed by atoms with van der Waals surface area (Å²) in [5.41, 5.74) is 6.27. The van der Waals surface area contributed by atoms with Crippen LogP contribution in [0.3, 0.4) is 0 Å². The van der Waals surface area contributed by atoms with Crippen molar-refractivity contribution in [3.05, 3.63) is 101 Å². The Balaban J connectivity index is 1.92. The number of aromatic nitrogens is 2. The highest BCUT2D eigenvalue weighted by molar-refractivity contribution is 5.67. The predicted molar refractivity (Wildman–Crippen MR) is 108 cm³/mol. The molecule has 4 rings (SSSR count). The van der Waals surface area contributed by atoms with Gasteiger partial charge in [-0.05, 0) is 29.8 Å². The number of hydrogen-bond acceptors (Lipinski definition) is 2. The Kier molecular flexibility index (Phi) is 5.22. The van der Waals surface area contributed by atoms with Gasteiger partial charge in [0.05, 0.1) is 22.6 Å².